The monoisotopic (exact) mass is 304 g/mol. The van der Waals surface area contributed by atoms with E-state index in [2.05, 4.69) is 6.07 Å². The molecule has 4 nitrogen and oxygen atoms in total. The molecule has 3 rings (SSSR count). The Bertz CT molecular complexity index is 712. The average molecular weight is 304 g/mol. The fourth-order valence-corrected chi connectivity index (χ4v) is 5.29. The van der Waals surface area contributed by atoms with Crippen LogP contribution in [0.2, 0.25) is 0 Å². The van der Waals surface area contributed by atoms with Gasteiger partial charge in [-0.05, 0) is 43.2 Å². The van der Waals surface area contributed by atoms with E-state index in [4.69, 9.17) is 0 Å². The topological polar surface area (TPSA) is 61.2 Å². The van der Waals surface area contributed by atoms with E-state index in [0.29, 0.717) is 18.8 Å². The number of nitrogens with zero attached hydrogens (tertiary/aromatic N) is 2. The first-order chi connectivity index (χ1) is 9.78. The smallest absolute Gasteiger partial charge is 0.212 e. The third kappa shape index (κ3) is 2.58. The first-order valence-electron chi connectivity index (χ1n) is 7.26. The molecule has 1 aromatic carbocycles. The van der Waals surface area contributed by atoms with Crippen LogP contribution in [0, 0.1) is 16.7 Å². The molecule has 0 amide bonds. The van der Waals surface area contributed by atoms with Gasteiger partial charge in [-0.3, -0.25) is 0 Å². The van der Waals surface area contributed by atoms with Gasteiger partial charge in [0, 0.05) is 13.1 Å². The van der Waals surface area contributed by atoms with Crippen LogP contribution in [0.4, 0.5) is 0 Å². The van der Waals surface area contributed by atoms with Gasteiger partial charge < -0.3 is 0 Å². The molecular weight excluding hydrogens is 284 g/mol. The molecule has 2 aliphatic rings. The Morgan fingerprint density at radius 3 is 2.57 bits per heavy atom. The Labute approximate surface area is 126 Å². The van der Waals surface area contributed by atoms with Crippen molar-refractivity contribution in [3.63, 3.8) is 0 Å². The van der Waals surface area contributed by atoms with E-state index in [1.54, 1.807) is 4.31 Å². The summed E-state index contributed by atoms with van der Waals surface area (Å²) in [5, 5.41) is 9.35. The van der Waals surface area contributed by atoms with Crippen molar-refractivity contribution in [1.82, 2.24) is 4.31 Å². The SMILES string of the molecule is CC(C)(C#N)c1ccccc1CN1CC2(CC2)CS1(=O)=O. The molecule has 21 heavy (non-hydrogen) atoms. The fraction of sp³-hybridized carbons (Fsp3) is 0.562. The molecular formula is C16H20N2O2S. The number of hydrogen-bond acceptors (Lipinski definition) is 3. The highest BCUT2D eigenvalue weighted by Gasteiger charge is 2.54. The van der Waals surface area contributed by atoms with E-state index in [0.717, 1.165) is 24.0 Å². The van der Waals surface area contributed by atoms with Gasteiger partial charge in [-0.25, -0.2) is 8.42 Å². The quantitative estimate of drug-likeness (QED) is 0.861. The standard InChI is InChI=1S/C16H20N2O2S/c1-15(2,10-17)14-6-4-3-5-13(14)9-18-11-16(7-8-16)12-21(18,19)20/h3-6H,7-9,11-12H2,1-2H3. The second kappa shape index (κ2) is 4.56. The molecule has 2 fully saturated rings. The zero-order chi connectivity index (χ0) is 15.3. The first-order valence-corrected chi connectivity index (χ1v) is 8.86. The maximum Gasteiger partial charge on any atom is 0.215 e. The third-order valence-corrected chi connectivity index (χ3v) is 6.69. The van der Waals surface area contributed by atoms with Crippen LogP contribution in [0.3, 0.4) is 0 Å². The molecule has 1 aliphatic heterocycles. The Morgan fingerprint density at radius 2 is 2.00 bits per heavy atom. The fourth-order valence-electron chi connectivity index (χ4n) is 3.15. The minimum Gasteiger partial charge on any atom is -0.212 e. The van der Waals surface area contributed by atoms with Gasteiger partial charge in [0.05, 0.1) is 17.2 Å². The highest BCUT2D eigenvalue weighted by Crippen LogP contribution is 2.52. The summed E-state index contributed by atoms with van der Waals surface area (Å²) in [4.78, 5) is 0. The second-order valence-corrected chi connectivity index (χ2v) is 8.89. The average Bonchev–Trinajstić information content (AvgIpc) is 3.11. The maximum atomic E-state index is 12.3. The van der Waals surface area contributed by atoms with Crippen LogP contribution in [0.1, 0.15) is 37.8 Å². The number of nitriles is 1. The van der Waals surface area contributed by atoms with E-state index in [1.807, 2.05) is 38.1 Å². The van der Waals surface area contributed by atoms with Crippen molar-refractivity contribution in [2.45, 2.75) is 38.6 Å². The molecule has 1 saturated heterocycles. The van der Waals surface area contributed by atoms with Gasteiger partial charge in [0.1, 0.15) is 0 Å². The molecule has 1 heterocycles. The molecule has 1 aliphatic carbocycles. The molecule has 0 atom stereocenters. The summed E-state index contributed by atoms with van der Waals surface area (Å²) in [7, 11) is -3.15. The lowest BCUT2D eigenvalue weighted by Crippen LogP contribution is -2.27. The minimum atomic E-state index is -3.15. The Morgan fingerprint density at radius 1 is 1.33 bits per heavy atom. The van der Waals surface area contributed by atoms with Gasteiger partial charge >= 0.3 is 0 Å². The predicted octanol–water partition coefficient (Wildman–Crippen LogP) is 2.41. The third-order valence-electron chi connectivity index (χ3n) is 4.67. The molecule has 5 heteroatoms. The van der Waals surface area contributed by atoms with Crippen LogP contribution in [-0.4, -0.2) is 25.0 Å². The summed E-state index contributed by atoms with van der Waals surface area (Å²) in [5.74, 6) is 0.295. The zero-order valence-electron chi connectivity index (χ0n) is 12.5. The van der Waals surface area contributed by atoms with E-state index < -0.39 is 15.4 Å². The molecule has 0 radical (unpaired) electrons. The van der Waals surface area contributed by atoms with Crippen molar-refractivity contribution in [2.75, 3.05) is 12.3 Å². The van der Waals surface area contributed by atoms with Gasteiger partial charge in [-0.15, -0.1) is 0 Å². The minimum absolute atomic E-state index is 0.0263. The largest absolute Gasteiger partial charge is 0.215 e. The Kier molecular flexibility index (Phi) is 3.16. The van der Waals surface area contributed by atoms with Crippen molar-refractivity contribution in [3.8, 4) is 6.07 Å². The molecule has 1 spiro atoms. The van der Waals surface area contributed by atoms with Crippen LogP contribution in [0.15, 0.2) is 24.3 Å². The van der Waals surface area contributed by atoms with Crippen molar-refractivity contribution < 1.29 is 8.42 Å². The van der Waals surface area contributed by atoms with Crippen molar-refractivity contribution in [3.05, 3.63) is 35.4 Å². The van der Waals surface area contributed by atoms with Crippen molar-refractivity contribution in [2.24, 2.45) is 5.41 Å². The van der Waals surface area contributed by atoms with Crippen molar-refractivity contribution in [1.29, 1.82) is 5.26 Å². The summed E-state index contributed by atoms with van der Waals surface area (Å²) >= 11 is 0. The molecule has 0 unspecified atom stereocenters. The van der Waals surface area contributed by atoms with Crippen LogP contribution in [0.5, 0.6) is 0 Å². The van der Waals surface area contributed by atoms with Gasteiger partial charge in [0.2, 0.25) is 10.0 Å². The lowest BCUT2D eigenvalue weighted by atomic mass is 9.83. The van der Waals surface area contributed by atoms with Gasteiger partial charge in [0.15, 0.2) is 0 Å². The molecule has 112 valence electrons. The lowest BCUT2D eigenvalue weighted by molar-refractivity contribution is 0.386. The van der Waals surface area contributed by atoms with E-state index in [1.165, 1.54) is 0 Å². The normalized spacial score (nSPS) is 23.1. The molecule has 0 bridgehead atoms. The highest BCUT2D eigenvalue weighted by molar-refractivity contribution is 7.89. The molecule has 0 aromatic heterocycles. The number of sulfonamides is 1. The maximum absolute atomic E-state index is 12.3. The highest BCUT2D eigenvalue weighted by atomic mass is 32.2. The van der Waals surface area contributed by atoms with Gasteiger partial charge in [-0.1, -0.05) is 24.3 Å². The van der Waals surface area contributed by atoms with Crippen LogP contribution >= 0.6 is 0 Å². The Hall–Kier alpha value is -1.38. The van der Waals surface area contributed by atoms with E-state index in [-0.39, 0.29) is 5.41 Å². The summed E-state index contributed by atoms with van der Waals surface area (Å²) in [5.41, 5.74) is 1.26. The second-order valence-electron chi connectivity index (χ2n) is 6.92. The number of rotatable bonds is 3. The Balaban J connectivity index is 1.91. The van der Waals surface area contributed by atoms with E-state index >= 15 is 0 Å². The zero-order valence-corrected chi connectivity index (χ0v) is 13.3. The summed E-state index contributed by atoms with van der Waals surface area (Å²) in [6, 6.07) is 9.97. The lowest BCUT2D eigenvalue weighted by Gasteiger charge is -2.23. The molecule has 1 aromatic rings. The predicted molar refractivity (Wildman–Crippen MR) is 80.9 cm³/mol. The molecule has 1 saturated carbocycles. The summed E-state index contributed by atoms with van der Waals surface area (Å²) in [6.45, 7) is 4.75. The summed E-state index contributed by atoms with van der Waals surface area (Å²) < 4.78 is 26.2. The van der Waals surface area contributed by atoms with Crippen molar-refractivity contribution >= 4 is 10.0 Å². The summed E-state index contributed by atoms with van der Waals surface area (Å²) in [6.07, 6.45) is 2.04. The molecule has 0 N–H and O–H groups in total. The van der Waals surface area contributed by atoms with E-state index in [9.17, 15) is 13.7 Å². The van der Waals surface area contributed by atoms with Crippen LogP contribution < -0.4 is 0 Å². The van der Waals surface area contributed by atoms with Crippen LogP contribution in [0.25, 0.3) is 0 Å². The van der Waals surface area contributed by atoms with Gasteiger partial charge in [0.25, 0.3) is 0 Å². The first kappa shape index (κ1) is 14.6. The van der Waals surface area contributed by atoms with Gasteiger partial charge in [-0.2, -0.15) is 9.57 Å². The number of benzene rings is 1. The number of hydrogen-bond donors (Lipinski definition) is 0. The van der Waals surface area contributed by atoms with Crippen LogP contribution in [-0.2, 0) is 22.0 Å².